The molecule has 1 heterocycles. The van der Waals surface area contributed by atoms with Crippen LogP contribution in [0.3, 0.4) is 0 Å². The normalized spacial score (nSPS) is 15.6. The van der Waals surface area contributed by atoms with E-state index >= 15 is 0 Å². The molecule has 140 valence electrons. The van der Waals surface area contributed by atoms with E-state index in [0.717, 1.165) is 17.1 Å². The maximum absolute atomic E-state index is 13.2. The van der Waals surface area contributed by atoms with Gasteiger partial charge in [-0.15, -0.1) is 0 Å². The second kappa shape index (κ2) is 6.55. The number of alkyl halides is 3. The summed E-state index contributed by atoms with van der Waals surface area (Å²) in [5, 5.41) is 0.809. The van der Waals surface area contributed by atoms with Crippen molar-refractivity contribution in [3.63, 3.8) is 0 Å². The first-order valence-electron chi connectivity index (χ1n) is 8.00. The molecule has 0 saturated heterocycles. The van der Waals surface area contributed by atoms with Crippen LogP contribution in [0.15, 0.2) is 54.2 Å². The zero-order chi connectivity index (χ0) is 19.9. The molecule has 1 aliphatic rings. The van der Waals surface area contributed by atoms with Crippen molar-refractivity contribution >= 4 is 28.8 Å². The Morgan fingerprint density at radius 1 is 1.07 bits per heavy atom. The highest BCUT2D eigenvalue weighted by Gasteiger charge is 2.39. The van der Waals surface area contributed by atoms with Crippen LogP contribution in [0.25, 0.3) is 5.57 Å². The lowest BCUT2D eigenvalue weighted by molar-refractivity contribution is -0.137. The van der Waals surface area contributed by atoms with E-state index in [4.69, 9.17) is 5.84 Å². The number of nitrogens with zero attached hydrogens (tertiary/aromatic N) is 2. The predicted octanol–water partition coefficient (Wildman–Crippen LogP) is 3.84. The van der Waals surface area contributed by atoms with Crippen LogP contribution in [-0.4, -0.2) is 16.8 Å². The Hall–Kier alpha value is -3.13. The number of anilines is 2. The van der Waals surface area contributed by atoms with Gasteiger partial charge in [0.15, 0.2) is 0 Å². The van der Waals surface area contributed by atoms with E-state index in [1.165, 1.54) is 24.8 Å². The average Bonchev–Trinajstić information content (AvgIpc) is 2.91. The molecular weight excluding hydrogens is 359 g/mol. The fourth-order valence-electron chi connectivity index (χ4n) is 2.98. The molecule has 0 spiro atoms. The third-order valence-corrected chi connectivity index (χ3v) is 4.33. The smallest absolute Gasteiger partial charge is 0.276 e. The molecule has 0 saturated carbocycles. The molecule has 2 aromatic carbocycles. The Bertz CT molecular complexity index is 952. The summed E-state index contributed by atoms with van der Waals surface area (Å²) in [5.41, 5.74) is 0.160. The highest BCUT2D eigenvalue weighted by atomic mass is 19.4. The van der Waals surface area contributed by atoms with Gasteiger partial charge in [-0.25, -0.2) is 5.84 Å². The van der Waals surface area contributed by atoms with Crippen LogP contribution >= 0.6 is 0 Å². The van der Waals surface area contributed by atoms with Gasteiger partial charge >= 0.3 is 6.18 Å². The van der Waals surface area contributed by atoms with Crippen LogP contribution in [0.5, 0.6) is 0 Å². The topological polar surface area (TPSA) is 66.6 Å². The lowest BCUT2D eigenvalue weighted by Crippen LogP contribution is -2.35. The molecule has 0 fully saturated rings. The third-order valence-electron chi connectivity index (χ3n) is 4.33. The molecule has 0 bridgehead atoms. The SMILES string of the molecule is CC(=O)N(N)/C(C)=C1\C(=O)N(c2ccccc2)c2cc(C(F)(F)F)ccc21. The van der Waals surface area contributed by atoms with Gasteiger partial charge in [-0.2, -0.15) is 13.2 Å². The van der Waals surface area contributed by atoms with E-state index in [-0.39, 0.29) is 22.5 Å². The Morgan fingerprint density at radius 2 is 1.70 bits per heavy atom. The zero-order valence-electron chi connectivity index (χ0n) is 14.5. The summed E-state index contributed by atoms with van der Waals surface area (Å²) >= 11 is 0. The lowest BCUT2D eigenvalue weighted by Gasteiger charge is -2.19. The first-order chi connectivity index (χ1) is 12.6. The minimum absolute atomic E-state index is 0.0836. The molecule has 2 aromatic rings. The number of nitrogens with two attached hydrogens (primary N) is 1. The number of amides is 2. The molecule has 2 amide bonds. The second-order valence-corrected chi connectivity index (χ2v) is 6.06. The number of benzene rings is 2. The number of carbonyl (C=O) groups excluding carboxylic acids is 2. The van der Waals surface area contributed by atoms with Crippen molar-refractivity contribution in [3.05, 3.63) is 65.4 Å². The number of hydrogen-bond donors (Lipinski definition) is 1. The number of para-hydroxylation sites is 1. The Morgan fingerprint density at radius 3 is 2.26 bits per heavy atom. The molecule has 8 heteroatoms. The third kappa shape index (κ3) is 3.19. The number of rotatable bonds is 2. The molecule has 27 heavy (non-hydrogen) atoms. The van der Waals surface area contributed by atoms with E-state index < -0.39 is 23.6 Å². The Balaban J connectivity index is 2.27. The van der Waals surface area contributed by atoms with Crippen molar-refractivity contribution in [1.29, 1.82) is 0 Å². The van der Waals surface area contributed by atoms with Gasteiger partial charge in [0.25, 0.3) is 5.91 Å². The molecule has 0 aromatic heterocycles. The minimum atomic E-state index is -4.55. The first kappa shape index (κ1) is 18.7. The van der Waals surface area contributed by atoms with Crippen molar-refractivity contribution in [2.24, 2.45) is 5.84 Å². The van der Waals surface area contributed by atoms with Gasteiger partial charge < -0.3 is 0 Å². The molecule has 1 aliphatic heterocycles. The Labute approximate surface area is 153 Å². The summed E-state index contributed by atoms with van der Waals surface area (Å²) in [5.74, 6) is 4.67. The molecular formula is C19H16F3N3O2. The lowest BCUT2D eigenvalue weighted by atomic mass is 10.0. The number of allylic oxidation sites excluding steroid dienone is 1. The van der Waals surface area contributed by atoms with Crippen molar-refractivity contribution in [3.8, 4) is 0 Å². The zero-order valence-corrected chi connectivity index (χ0v) is 14.5. The van der Waals surface area contributed by atoms with Gasteiger partial charge in [0.05, 0.1) is 16.8 Å². The van der Waals surface area contributed by atoms with Gasteiger partial charge in [0, 0.05) is 23.9 Å². The van der Waals surface area contributed by atoms with Crippen LogP contribution < -0.4 is 10.7 Å². The van der Waals surface area contributed by atoms with E-state index in [1.807, 2.05) is 0 Å². The van der Waals surface area contributed by atoms with Crippen LogP contribution in [-0.2, 0) is 15.8 Å². The summed E-state index contributed by atoms with van der Waals surface area (Å²) in [7, 11) is 0. The fourth-order valence-corrected chi connectivity index (χ4v) is 2.98. The van der Waals surface area contributed by atoms with Crippen LogP contribution in [0.4, 0.5) is 24.5 Å². The van der Waals surface area contributed by atoms with E-state index in [1.54, 1.807) is 30.3 Å². The molecule has 5 nitrogen and oxygen atoms in total. The maximum Gasteiger partial charge on any atom is 0.416 e. The second-order valence-electron chi connectivity index (χ2n) is 6.06. The van der Waals surface area contributed by atoms with E-state index in [0.29, 0.717) is 5.69 Å². The van der Waals surface area contributed by atoms with Gasteiger partial charge in [-0.05, 0) is 31.2 Å². The van der Waals surface area contributed by atoms with Gasteiger partial charge in [0.1, 0.15) is 0 Å². The van der Waals surface area contributed by atoms with E-state index in [9.17, 15) is 22.8 Å². The van der Waals surface area contributed by atoms with Crippen LogP contribution in [0.1, 0.15) is 25.0 Å². The number of hydrazine groups is 1. The highest BCUT2D eigenvalue weighted by molar-refractivity contribution is 6.35. The number of fused-ring (bicyclic) bond motifs is 1. The molecule has 0 unspecified atom stereocenters. The standard InChI is InChI=1S/C19H16F3N3O2/c1-11(25(23)12(2)26)17-15-9-8-13(19(20,21)22)10-16(15)24(18(17)27)14-6-4-3-5-7-14/h3-10H,23H2,1-2H3/b17-11-. The largest absolute Gasteiger partial charge is 0.416 e. The van der Waals surface area contributed by atoms with Crippen LogP contribution in [0.2, 0.25) is 0 Å². The number of halogens is 3. The molecule has 0 radical (unpaired) electrons. The van der Waals surface area contributed by atoms with Crippen molar-refractivity contribution in [2.45, 2.75) is 20.0 Å². The highest BCUT2D eigenvalue weighted by Crippen LogP contribution is 2.45. The van der Waals surface area contributed by atoms with Gasteiger partial charge in [-0.3, -0.25) is 19.5 Å². The fraction of sp³-hybridized carbons (Fsp3) is 0.158. The summed E-state index contributed by atoms with van der Waals surface area (Å²) in [6.45, 7) is 2.71. The average molecular weight is 375 g/mol. The monoisotopic (exact) mass is 375 g/mol. The van der Waals surface area contributed by atoms with Gasteiger partial charge in [-0.1, -0.05) is 24.3 Å². The molecule has 2 N–H and O–H groups in total. The van der Waals surface area contributed by atoms with E-state index in [2.05, 4.69) is 0 Å². The summed E-state index contributed by atoms with van der Waals surface area (Å²) in [6.07, 6.45) is -4.55. The molecule has 0 aliphatic carbocycles. The number of hydrogen-bond acceptors (Lipinski definition) is 3. The first-order valence-corrected chi connectivity index (χ1v) is 8.00. The summed E-state index contributed by atoms with van der Waals surface area (Å²) < 4.78 is 39.6. The predicted molar refractivity (Wildman–Crippen MR) is 94.3 cm³/mol. The minimum Gasteiger partial charge on any atom is -0.276 e. The van der Waals surface area contributed by atoms with Crippen LogP contribution in [0, 0.1) is 0 Å². The quantitative estimate of drug-likeness (QED) is 0.375. The Kier molecular flexibility index (Phi) is 4.52. The summed E-state index contributed by atoms with van der Waals surface area (Å²) in [4.78, 5) is 25.9. The molecule has 0 atom stereocenters. The maximum atomic E-state index is 13.2. The molecule has 3 rings (SSSR count). The van der Waals surface area contributed by atoms with Crippen molar-refractivity contribution in [2.75, 3.05) is 4.90 Å². The van der Waals surface area contributed by atoms with Gasteiger partial charge in [0.2, 0.25) is 5.91 Å². The summed E-state index contributed by atoms with van der Waals surface area (Å²) in [6, 6.07) is 11.4. The van der Waals surface area contributed by atoms with Crippen molar-refractivity contribution < 1.29 is 22.8 Å². The van der Waals surface area contributed by atoms with Crippen molar-refractivity contribution in [1.82, 2.24) is 5.01 Å². The number of carbonyl (C=O) groups is 2.